The fourth-order valence-corrected chi connectivity index (χ4v) is 0.931. The minimum atomic E-state index is -1.11. The molecule has 0 bridgehead atoms. The average molecular weight is 247 g/mol. The molecule has 0 aromatic carbocycles. The fourth-order valence-electron chi connectivity index (χ4n) is 0.931. The normalized spacial score (nSPS) is 18.1. The maximum absolute atomic E-state index is 10.2. The Morgan fingerprint density at radius 3 is 1.82 bits per heavy atom. The number of carboxylic acid groups (broad SMARTS) is 2. The third-order valence-electron chi connectivity index (χ3n) is 1.73. The summed E-state index contributed by atoms with van der Waals surface area (Å²) >= 11 is 0. The highest BCUT2D eigenvalue weighted by Crippen LogP contribution is 1.98. The van der Waals surface area contributed by atoms with Crippen molar-refractivity contribution in [1.82, 2.24) is 5.32 Å². The Kier molecular flexibility index (Phi) is 6.49. The summed E-state index contributed by atoms with van der Waals surface area (Å²) in [5.74, 6) is -2.88. The first-order chi connectivity index (χ1) is 7.82. The summed E-state index contributed by atoms with van der Waals surface area (Å²) in [7, 11) is 0. The van der Waals surface area contributed by atoms with Crippen molar-refractivity contribution < 1.29 is 34.5 Å². The summed E-state index contributed by atoms with van der Waals surface area (Å²) in [5, 5.41) is 26.5. The number of rotatable bonds is 4. The number of amides is 2. The second kappa shape index (κ2) is 7.34. The Hall–Kier alpha value is -1.96. The summed E-state index contributed by atoms with van der Waals surface area (Å²) in [5.41, 5.74) is 0. The lowest BCUT2D eigenvalue weighted by atomic mass is 10.2. The Labute approximate surface area is 96.2 Å². The zero-order valence-electron chi connectivity index (χ0n) is 8.88. The smallest absolute Gasteiger partial charge is 0.303 e. The zero-order valence-corrected chi connectivity index (χ0v) is 8.88. The van der Waals surface area contributed by atoms with Gasteiger partial charge in [0.05, 0.1) is 6.42 Å². The van der Waals surface area contributed by atoms with Gasteiger partial charge in [-0.3, -0.25) is 24.5 Å². The largest absolute Gasteiger partial charge is 0.481 e. The third-order valence-corrected chi connectivity index (χ3v) is 1.73. The molecule has 0 spiro atoms. The summed E-state index contributed by atoms with van der Waals surface area (Å²) in [6.07, 6.45) is -1.11. The number of carbonyl (C=O) groups excluding carboxylic acids is 2. The van der Waals surface area contributed by atoms with Crippen LogP contribution in [0.4, 0.5) is 0 Å². The van der Waals surface area contributed by atoms with Crippen molar-refractivity contribution in [3.05, 3.63) is 0 Å². The number of aliphatic hydroxyl groups excluding tert-OH is 1. The quantitative estimate of drug-likeness (QED) is 0.453. The lowest BCUT2D eigenvalue weighted by Gasteiger charge is -1.89. The first-order valence-electron chi connectivity index (χ1n) is 4.78. The molecule has 96 valence electrons. The summed E-state index contributed by atoms with van der Waals surface area (Å²) in [6, 6.07) is 0. The van der Waals surface area contributed by atoms with Crippen LogP contribution in [-0.2, 0) is 19.2 Å². The van der Waals surface area contributed by atoms with Crippen LogP contribution in [0.25, 0.3) is 0 Å². The molecule has 1 atom stereocenters. The Morgan fingerprint density at radius 1 is 1.18 bits per heavy atom. The highest BCUT2D eigenvalue weighted by atomic mass is 16.4. The molecule has 0 aromatic heterocycles. The summed E-state index contributed by atoms with van der Waals surface area (Å²) in [6.45, 7) is 0. The van der Waals surface area contributed by atoms with Crippen LogP contribution >= 0.6 is 0 Å². The van der Waals surface area contributed by atoms with Crippen molar-refractivity contribution in [2.45, 2.75) is 31.8 Å². The van der Waals surface area contributed by atoms with Crippen molar-refractivity contribution in [3.8, 4) is 0 Å². The van der Waals surface area contributed by atoms with Gasteiger partial charge in [-0.15, -0.1) is 0 Å². The van der Waals surface area contributed by atoms with Crippen LogP contribution in [0, 0.1) is 0 Å². The molecule has 8 nitrogen and oxygen atoms in total. The number of carbonyl (C=O) groups is 4. The highest BCUT2D eigenvalue weighted by Gasteiger charge is 2.27. The van der Waals surface area contributed by atoms with Crippen molar-refractivity contribution >= 4 is 23.8 Å². The number of aliphatic hydroxyl groups is 1. The van der Waals surface area contributed by atoms with Gasteiger partial charge in [0.25, 0.3) is 5.91 Å². The van der Waals surface area contributed by atoms with E-state index in [1.165, 1.54) is 0 Å². The molecule has 1 fully saturated rings. The van der Waals surface area contributed by atoms with Gasteiger partial charge in [0.1, 0.15) is 6.10 Å². The number of hydrogen-bond acceptors (Lipinski definition) is 5. The molecule has 0 saturated carbocycles. The highest BCUT2D eigenvalue weighted by molar-refractivity contribution is 6.04. The molecule has 0 aromatic rings. The van der Waals surface area contributed by atoms with Gasteiger partial charge in [-0.25, -0.2) is 0 Å². The zero-order chi connectivity index (χ0) is 13.4. The number of imide groups is 1. The molecule has 8 heteroatoms. The van der Waals surface area contributed by atoms with Gasteiger partial charge in [-0.2, -0.15) is 0 Å². The van der Waals surface area contributed by atoms with E-state index in [-0.39, 0.29) is 25.7 Å². The molecular weight excluding hydrogens is 234 g/mol. The van der Waals surface area contributed by atoms with Gasteiger partial charge in [0, 0.05) is 12.8 Å². The Morgan fingerprint density at radius 2 is 1.65 bits per heavy atom. The molecule has 1 rings (SSSR count). The molecule has 1 aliphatic heterocycles. The molecule has 17 heavy (non-hydrogen) atoms. The van der Waals surface area contributed by atoms with Crippen LogP contribution in [-0.4, -0.2) is 45.2 Å². The van der Waals surface area contributed by atoms with E-state index < -0.39 is 29.9 Å². The predicted molar refractivity (Wildman–Crippen MR) is 52.9 cm³/mol. The standard InChI is InChI=1S/C5H8O4.C4H5NO3/c6-4(7)2-1-3-5(8)9;6-2-1-3(7)5-4(2)8/h1-3H2,(H,6,7)(H,8,9);2,6H,1H2,(H,5,7,8). The van der Waals surface area contributed by atoms with Gasteiger partial charge in [-0.05, 0) is 6.42 Å². The lowest BCUT2D eigenvalue weighted by molar-refractivity contribution is -0.138. The van der Waals surface area contributed by atoms with Crippen molar-refractivity contribution in [2.75, 3.05) is 0 Å². The van der Waals surface area contributed by atoms with Gasteiger partial charge in [0.2, 0.25) is 5.91 Å². The van der Waals surface area contributed by atoms with Gasteiger partial charge in [0.15, 0.2) is 0 Å². The molecular formula is C9H13NO7. The minimum absolute atomic E-state index is 0.0632. The lowest BCUT2D eigenvalue weighted by Crippen LogP contribution is -2.24. The second-order valence-electron chi connectivity index (χ2n) is 3.27. The molecule has 4 N–H and O–H groups in total. The van der Waals surface area contributed by atoms with Gasteiger partial charge < -0.3 is 15.3 Å². The number of carboxylic acids is 2. The van der Waals surface area contributed by atoms with Gasteiger partial charge in [-0.1, -0.05) is 0 Å². The van der Waals surface area contributed by atoms with Crippen LogP contribution in [0.5, 0.6) is 0 Å². The molecule has 0 radical (unpaired) electrons. The Bertz CT molecular complexity index is 311. The molecule has 1 aliphatic rings. The molecule has 0 aliphatic carbocycles. The maximum Gasteiger partial charge on any atom is 0.303 e. The van der Waals surface area contributed by atoms with E-state index in [0.29, 0.717) is 0 Å². The van der Waals surface area contributed by atoms with Crippen LogP contribution < -0.4 is 5.32 Å². The molecule has 1 heterocycles. The first-order valence-corrected chi connectivity index (χ1v) is 4.78. The monoisotopic (exact) mass is 247 g/mol. The van der Waals surface area contributed by atoms with Crippen molar-refractivity contribution in [3.63, 3.8) is 0 Å². The van der Waals surface area contributed by atoms with Crippen molar-refractivity contribution in [1.29, 1.82) is 0 Å². The van der Waals surface area contributed by atoms with E-state index in [0.717, 1.165) is 0 Å². The van der Waals surface area contributed by atoms with E-state index in [4.69, 9.17) is 15.3 Å². The molecule has 1 saturated heterocycles. The first kappa shape index (κ1) is 15.0. The van der Waals surface area contributed by atoms with Crippen LogP contribution in [0.2, 0.25) is 0 Å². The molecule has 1 unspecified atom stereocenters. The minimum Gasteiger partial charge on any atom is -0.481 e. The average Bonchev–Trinajstić information content (AvgIpc) is 2.43. The van der Waals surface area contributed by atoms with Gasteiger partial charge >= 0.3 is 11.9 Å². The fraction of sp³-hybridized carbons (Fsp3) is 0.556. The van der Waals surface area contributed by atoms with E-state index >= 15 is 0 Å². The molecule has 2 amide bonds. The maximum atomic E-state index is 10.2. The summed E-state index contributed by atoms with van der Waals surface area (Å²) in [4.78, 5) is 40.0. The van der Waals surface area contributed by atoms with Crippen molar-refractivity contribution in [2.24, 2.45) is 0 Å². The van der Waals surface area contributed by atoms with E-state index in [1.807, 2.05) is 5.32 Å². The van der Waals surface area contributed by atoms with Crippen LogP contribution in [0.1, 0.15) is 25.7 Å². The van der Waals surface area contributed by atoms with Crippen LogP contribution in [0.15, 0.2) is 0 Å². The number of aliphatic carboxylic acids is 2. The SMILES string of the molecule is O=C(O)CCCC(=O)O.O=C1CC(O)C(=O)N1. The topological polar surface area (TPSA) is 141 Å². The number of hydrogen-bond donors (Lipinski definition) is 4. The van der Waals surface area contributed by atoms with E-state index in [1.54, 1.807) is 0 Å². The summed E-state index contributed by atoms with van der Waals surface area (Å²) < 4.78 is 0. The number of nitrogens with one attached hydrogen (secondary N) is 1. The van der Waals surface area contributed by atoms with E-state index in [9.17, 15) is 19.2 Å². The third kappa shape index (κ3) is 7.91. The Balaban J connectivity index is 0.000000302. The van der Waals surface area contributed by atoms with Crippen LogP contribution in [0.3, 0.4) is 0 Å². The second-order valence-corrected chi connectivity index (χ2v) is 3.27. The van der Waals surface area contributed by atoms with E-state index in [2.05, 4.69) is 0 Å². The predicted octanol–water partition coefficient (Wildman–Crippen LogP) is -1.28.